The van der Waals surface area contributed by atoms with E-state index in [0.29, 0.717) is 0 Å². The normalized spacial score (nSPS) is 17.8. The Morgan fingerprint density at radius 2 is 2.45 bits per heavy atom. The maximum atomic E-state index is 3.86. The van der Waals surface area contributed by atoms with Gasteiger partial charge in [-0.25, -0.2) is 4.99 Å². The molecule has 0 saturated carbocycles. The lowest BCUT2D eigenvalue weighted by Crippen LogP contribution is -2.02. The molecule has 11 heavy (non-hydrogen) atoms. The average Bonchev–Trinajstić information content (AvgIpc) is 2.32. The Kier molecular flexibility index (Phi) is 2.59. The number of hydrogen-bond donors (Lipinski definition) is 0. The van der Waals surface area contributed by atoms with Gasteiger partial charge in [-0.1, -0.05) is 6.08 Å². The Morgan fingerprint density at radius 3 is 3.00 bits per heavy atom. The molecular weight excluding hydrogens is 158 g/mol. The van der Waals surface area contributed by atoms with Gasteiger partial charge in [0.2, 0.25) is 0 Å². The van der Waals surface area contributed by atoms with Crippen LogP contribution in [0.15, 0.2) is 29.3 Å². The lowest BCUT2D eigenvalue weighted by molar-refractivity contribution is 0.768. The molecule has 0 aromatic rings. The summed E-state index contributed by atoms with van der Waals surface area (Å²) in [5.74, 6) is 0.871. The van der Waals surface area contributed by atoms with Crippen LogP contribution in [0.5, 0.6) is 0 Å². The summed E-state index contributed by atoms with van der Waals surface area (Å²) in [5, 5.41) is 0. The highest BCUT2D eigenvalue weighted by Gasteiger charge is 2.15. The predicted molar refractivity (Wildman–Crippen MR) is 49.6 cm³/mol. The van der Waals surface area contributed by atoms with E-state index in [1.807, 2.05) is 41.1 Å². The largest absolute Gasteiger partial charge is 0.305 e. The molecule has 0 unspecified atom stereocenters. The van der Waals surface area contributed by atoms with E-state index in [2.05, 4.69) is 11.7 Å². The van der Waals surface area contributed by atoms with E-state index in [4.69, 9.17) is 0 Å². The van der Waals surface area contributed by atoms with E-state index in [1.165, 1.54) is 0 Å². The van der Waals surface area contributed by atoms with Gasteiger partial charge in [0.15, 0.2) is 5.82 Å². The molecule has 1 rings (SSSR count). The fourth-order valence-corrected chi connectivity index (χ4v) is 1.56. The van der Waals surface area contributed by atoms with Gasteiger partial charge in [-0.05, 0) is 13.6 Å². The van der Waals surface area contributed by atoms with Crippen LogP contribution in [-0.4, -0.2) is 22.4 Å². The van der Waals surface area contributed by atoms with Crippen LogP contribution in [0.3, 0.4) is 0 Å². The minimum absolute atomic E-state index is 0.871. The summed E-state index contributed by atoms with van der Waals surface area (Å²) in [7, 11) is 1.97. The molecule has 0 atom stereocenters. The van der Waals surface area contributed by atoms with Crippen LogP contribution in [-0.2, 0) is 0 Å². The zero-order valence-corrected chi connectivity index (χ0v) is 7.51. The number of hydrogen-bond acceptors (Lipinski definition) is 4. The minimum atomic E-state index is 0.871. The number of rotatable bonds is 2. The van der Waals surface area contributed by atoms with E-state index in [1.54, 1.807) is 12.1 Å². The molecule has 0 N–H and O–H groups in total. The minimum Gasteiger partial charge on any atom is -0.305 e. The van der Waals surface area contributed by atoms with E-state index >= 15 is 0 Å². The Bertz CT molecular complexity index is 210. The van der Waals surface area contributed by atoms with Gasteiger partial charge < -0.3 is 4.31 Å². The Morgan fingerprint density at radius 1 is 1.73 bits per heavy atom. The number of nitrogens with zero attached hydrogens (tertiary/aromatic N) is 3. The zero-order chi connectivity index (χ0) is 8.27. The SMILES string of the molecule is C=NC1=CN(C)SN1/C=C\C. The lowest BCUT2D eigenvalue weighted by atomic mass is 10.6. The third-order valence-electron chi connectivity index (χ3n) is 1.19. The van der Waals surface area contributed by atoms with E-state index in [-0.39, 0.29) is 0 Å². The lowest BCUT2D eigenvalue weighted by Gasteiger charge is -2.11. The van der Waals surface area contributed by atoms with Crippen molar-refractivity contribution in [2.45, 2.75) is 6.92 Å². The second-order valence-corrected chi connectivity index (χ2v) is 3.21. The summed E-state index contributed by atoms with van der Waals surface area (Å²) in [6, 6.07) is 0. The topological polar surface area (TPSA) is 18.8 Å². The van der Waals surface area contributed by atoms with Crippen molar-refractivity contribution in [2.24, 2.45) is 4.99 Å². The van der Waals surface area contributed by atoms with E-state index in [9.17, 15) is 0 Å². The Balaban J connectivity index is 2.70. The summed E-state index contributed by atoms with van der Waals surface area (Å²) in [6.07, 6.45) is 5.84. The molecule has 0 aromatic carbocycles. The molecule has 0 radical (unpaired) electrons. The predicted octanol–water partition coefficient (Wildman–Crippen LogP) is 1.83. The molecule has 0 amide bonds. The molecule has 0 aromatic heterocycles. The molecule has 0 aliphatic carbocycles. The third kappa shape index (κ3) is 1.77. The first-order valence-electron chi connectivity index (χ1n) is 3.29. The molecule has 0 bridgehead atoms. The maximum Gasteiger partial charge on any atom is 0.160 e. The molecule has 4 heteroatoms. The van der Waals surface area contributed by atoms with Crippen molar-refractivity contribution in [1.82, 2.24) is 8.61 Å². The molecule has 1 aliphatic heterocycles. The highest BCUT2D eigenvalue weighted by molar-refractivity contribution is 7.95. The average molecular weight is 169 g/mol. The van der Waals surface area contributed by atoms with Gasteiger partial charge in [0.05, 0.1) is 18.3 Å². The van der Waals surface area contributed by atoms with Crippen LogP contribution in [0.4, 0.5) is 0 Å². The van der Waals surface area contributed by atoms with Crippen molar-refractivity contribution in [3.8, 4) is 0 Å². The van der Waals surface area contributed by atoms with Crippen LogP contribution in [0.1, 0.15) is 6.92 Å². The summed E-state index contributed by atoms with van der Waals surface area (Å²) in [5.41, 5.74) is 0. The summed E-state index contributed by atoms with van der Waals surface area (Å²) >= 11 is 1.58. The van der Waals surface area contributed by atoms with Crippen LogP contribution >= 0.6 is 12.1 Å². The standard InChI is InChI=1S/C7H11N3S/c1-4-5-10-7(8-2)6-9(3)11-10/h4-6H,2H2,1,3H3/b5-4-. The van der Waals surface area contributed by atoms with Gasteiger partial charge in [-0.15, -0.1) is 0 Å². The number of allylic oxidation sites excluding steroid dienone is 1. The quantitative estimate of drug-likeness (QED) is 0.464. The Hall–Kier alpha value is -0.900. The first kappa shape index (κ1) is 8.20. The van der Waals surface area contributed by atoms with Crippen LogP contribution in [0.25, 0.3) is 0 Å². The van der Waals surface area contributed by atoms with Crippen molar-refractivity contribution >= 4 is 18.9 Å². The van der Waals surface area contributed by atoms with Gasteiger partial charge in [0, 0.05) is 13.2 Å². The molecule has 0 fully saturated rings. The summed E-state index contributed by atoms with van der Waals surface area (Å²) < 4.78 is 3.93. The van der Waals surface area contributed by atoms with Crippen LogP contribution in [0.2, 0.25) is 0 Å². The first-order chi connectivity index (χ1) is 5.27. The smallest absolute Gasteiger partial charge is 0.160 e. The van der Waals surface area contributed by atoms with Crippen LogP contribution in [0, 0.1) is 0 Å². The van der Waals surface area contributed by atoms with Gasteiger partial charge in [-0.2, -0.15) is 0 Å². The zero-order valence-electron chi connectivity index (χ0n) is 6.69. The molecule has 3 nitrogen and oxygen atoms in total. The molecule has 1 aliphatic rings. The highest BCUT2D eigenvalue weighted by atomic mass is 32.2. The van der Waals surface area contributed by atoms with Crippen molar-refractivity contribution in [3.63, 3.8) is 0 Å². The highest BCUT2D eigenvalue weighted by Crippen LogP contribution is 2.29. The monoisotopic (exact) mass is 169 g/mol. The molecule has 1 heterocycles. The molecular formula is C7H11N3S. The third-order valence-corrected chi connectivity index (χ3v) is 2.03. The van der Waals surface area contributed by atoms with Gasteiger partial charge in [-0.3, -0.25) is 4.31 Å². The van der Waals surface area contributed by atoms with Gasteiger partial charge in [0.25, 0.3) is 0 Å². The molecule has 0 saturated heterocycles. The second kappa shape index (κ2) is 3.48. The second-order valence-electron chi connectivity index (χ2n) is 2.08. The van der Waals surface area contributed by atoms with Crippen molar-refractivity contribution in [3.05, 3.63) is 24.3 Å². The first-order valence-corrected chi connectivity index (χ1v) is 4.02. The Labute approximate surface area is 71.4 Å². The maximum absolute atomic E-state index is 3.86. The van der Waals surface area contributed by atoms with E-state index in [0.717, 1.165) is 5.82 Å². The fraction of sp³-hybridized carbons (Fsp3) is 0.286. The van der Waals surface area contributed by atoms with E-state index < -0.39 is 0 Å². The van der Waals surface area contributed by atoms with Gasteiger partial charge >= 0.3 is 0 Å². The fourth-order valence-electron chi connectivity index (χ4n) is 0.773. The summed E-state index contributed by atoms with van der Waals surface area (Å²) in [4.78, 5) is 3.86. The van der Waals surface area contributed by atoms with Crippen molar-refractivity contribution < 1.29 is 0 Å². The van der Waals surface area contributed by atoms with Gasteiger partial charge in [0.1, 0.15) is 0 Å². The van der Waals surface area contributed by atoms with Crippen molar-refractivity contribution in [1.29, 1.82) is 0 Å². The number of aliphatic imine (C=N–C) groups is 1. The van der Waals surface area contributed by atoms with Crippen LogP contribution < -0.4 is 0 Å². The molecule has 0 spiro atoms. The molecule has 60 valence electrons. The summed E-state index contributed by atoms with van der Waals surface area (Å²) in [6.45, 7) is 5.45. The van der Waals surface area contributed by atoms with Crippen molar-refractivity contribution in [2.75, 3.05) is 7.05 Å².